The fraction of sp³-hybridized carbons (Fsp3) is 0.917. The minimum atomic E-state index is -0.425. The molecule has 17 heavy (non-hydrogen) atoms. The molecule has 0 spiro atoms. The van der Waals surface area contributed by atoms with Crippen LogP contribution in [-0.2, 0) is 14.3 Å². The van der Waals surface area contributed by atoms with Crippen LogP contribution in [0.1, 0.15) is 26.7 Å². The minimum Gasteiger partial charge on any atom is -0.383 e. The average molecular weight is 246 g/mol. The van der Waals surface area contributed by atoms with Crippen LogP contribution in [0.25, 0.3) is 0 Å². The summed E-state index contributed by atoms with van der Waals surface area (Å²) in [5, 5.41) is 0. The van der Waals surface area contributed by atoms with Gasteiger partial charge in [0.1, 0.15) is 0 Å². The Balaban J connectivity index is 4.30. The largest absolute Gasteiger partial charge is 0.383 e. The monoisotopic (exact) mass is 246 g/mol. The molecule has 5 heteroatoms. The molecule has 5 nitrogen and oxygen atoms in total. The Morgan fingerprint density at radius 1 is 1.29 bits per heavy atom. The summed E-state index contributed by atoms with van der Waals surface area (Å²) in [6, 6.07) is 0. The molecule has 0 aliphatic heterocycles. The SMILES string of the molecule is COCCN(CCCN)C(=O)CC(C)(C)OC. The van der Waals surface area contributed by atoms with Gasteiger partial charge in [0.05, 0.1) is 18.6 Å². The van der Waals surface area contributed by atoms with Crippen LogP contribution >= 0.6 is 0 Å². The van der Waals surface area contributed by atoms with Crippen molar-refractivity contribution in [1.82, 2.24) is 4.90 Å². The van der Waals surface area contributed by atoms with E-state index in [1.807, 2.05) is 13.8 Å². The Labute approximate surface area is 104 Å². The number of methoxy groups -OCH3 is 2. The first-order valence-corrected chi connectivity index (χ1v) is 5.98. The van der Waals surface area contributed by atoms with E-state index in [1.165, 1.54) is 0 Å². The molecule has 0 aromatic heterocycles. The van der Waals surface area contributed by atoms with Crippen molar-refractivity contribution in [3.05, 3.63) is 0 Å². The van der Waals surface area contributed by atoms with Crippen molar-refractivity contribution in [1.29, 1.82) is 0 Å². The first-order valence-electron chi connectivity index (χ1n) is 5.98. The number of carbonyl (C=O) groups is 1. The number of hydrogen-bond acceptors (Lipinski definition) is 4. The topological polar surface area (TPSA) is 64.8 Å². The van der Waals surface area contributed by atoms with Crippen molar-refractivity contribution in [2.75, 3.05) is 40.5 Å². The molecule has 0 fully saturated rings. The molecule has 0 atom stereocenters. The van der Waals surface area contributed by atoms with E-state index in [1.54, 1.807) is 19.1 Å². The van der Waals surface area contributed by atoms with Crippen LogP contribution in [0.5, 0.6) is 0 Å². The summed E-state index contributed by atoms with van der Waals surface area (Å²) in [4.78, 5) is 13.9. The van der Waals surface area contributed by atoms with Crippen LogP contribution in [0, 0.1) is 0 Å². The maximum atomic E-state index is 12.1. The van der Waals surface area contributed by atoms with Gasteiger partial charge in [-0.05, 0) is 26.8 Å². The molecule has 0 heterocycles. The van der Waals surface area contributed by atoms with E-state index >= 15 is 0 Å². The van der Waals surface area contributed by atoms with Gasteiger partial charge in [0, 0.05) is 27.3 Å². The number of amides is 1. The van der Waals surface area contributed by atoms with Crippen LogP contribution in [0.3, 0.4) is 0 Å². The van der Waals surface area contributed by atoms with Gasteiger partial charge in [-0.2, -0.15) is 0 Å². The average Bonchev–Trinajstić information content (AvgIpc) is 2.28. The first kappa shape index (κ1) is 16.4. The Kier molecular flexibility index (Phi) is 8.12. The zero-order valence-corrected chi connectivity index (χ0v) is 11.5. The summed E-state index contributed by atoms with van der Waals surface area (Å²) in [5.74, 6) is 0.0855. The fourth-order valence-corrected chi connectivity index (χ4v) is 1.39. The van der Waals surface area contributed by atoms with Crippen LogP contribution in [-0.4, -0.2) is 56.9 Å². The van der Waals surface area contributed by atoms with Crippen molar-refractivity contribution in [3.8, 4) is 0 Å². The zero-order chi connectivity index (χ0) is 13.3. The summed E-state index contributed by atoms with van der Waals surface area (Å²) >= 11 is 0. The fourth-order valence-electron chi connectivity index (χ4n) is 1.39. The highest BCUT2D eigenvalue weighted by molar-refractivity contribution is 5.77. The Morgan fingerprint density at radius 2 is 1.94 bits per heavy atom. The van der Waals surface area contributed by atoms with Gasteiger partial charge in [0.25, 0.3) is 0 Å². The van der Waals surface area contributed by atoms with Crippen LogP contribution in [0.2, 0.25) is 0 Å². The third-order valence-electron chi connectivity index (χ3n) is 2.68. The van der Waals surface area contributed by atoms with Crippen molar-refractivity contribution in [2.45, 2.75) is 32.3 Å². The van der Waals surface area contributed by atoms with Gasteiger partial charge in [-0.15, -0.1) is 0 Å². The van der Waals surface area contributed by atoms with Crippen molar-refractivity contribution in [3.63, 3.8) is 0 Å². The molecule has 0 aromatic rings. The van der Waals surface area contributed by atoms with E-state index in [0.29, 0.717) is 32.7 Å². The molecule has 0 rings (SSSR count). The van der Waals surface area contributed by atoms with Crippen molar-refractivity contribution >= 4 is 5.91 Å². The van der Waals surface area contributed by atoms with Crippen LogP contribution in [0.15, 0.2) is 0 Å². The molecule has 102 valence electrons. The normalized spacial score (nSPS) is 11.6. The minimum absolute atomic E-state index is 0.0855. The second kappa shape index (κ2) is 8.44. The number of rotatable bonds is 9. The highest BCUT2D eigenvalue weighted by Gasteiger charge is 2.24. The smallest absolute Gasteiger partial charge is 0.225 e. The van der Waals surface area contributed by atoms with Gasteiger partial charge in [0.2, 0.25) is 5.91 Å². The second-order valence-corrected chi connectivity index (χ2v) is 4.66. The molecule has 2 N–H and O–H groups in total. The summed E-state index contributed by atoms with van der Waals surface area (Å²) in [7, 11) is 3.25. The summed E-state index contributed by atoms with van der Waals surface area (Å²) in [5.41, 5.74) is 5.04. The first-order chi connectivity index (χ1) is 7.96. The Hall–Kier alpha value is -0.650. The Bertz CT molecular complexity index is 212. The number of carbonyl (C=O) groups excluding carboxylic acids is 1. The molecule has 0 unspecified atom stereocenters. The summed E-state index contributed by atoms with van der Waals surface area (Å²) < 4.78 is 10.3. The number of hydrogen-bond donors (Lipinski definition) is 1. The predicted molar refractivity (Wildman–Crippen MR) is 67.8 cm³/mol. The van der Waals surface area contributed by atoms with E-state index < -0.39 is 5.60 Å². The number of nitrogens with two attached hydrogens (primary N) is 1. The molecule has 0 radical (unpaired) electrons. The molecule has 0 saturated heterocycles. The highest BCUT2D eigenvalue weighted by atomic mass is 16.5. The second-order valence-electron chi connectivity index (χ2n) is 4.66. The molecule has 0 saturated carbocycles. The van der Waals surface area contributed by atoms with E-state index in [0.717, 1.165) is 6.42 Å². The van der Waals surface area contributed by atoms with Gasteiger partial charge >= 0.3 is 0 Å². The standard InChI is InChI=1S/C12H26N2O3/c1-12(2,17-4)10-11(15)14(7-5-6-13)8-9-16-3/h5-10,13H2,1-4H3. The molecule has 1 amide bonds. The quantitative estimate of drug-likeness (QED) is 0.648. The van der Waals surface area contributed by atoms with E-state index in [4.69, 9.17) is 15.2 Å². The van der Waals surface area contributed by atoms with E-state index in [-0.39, 0.29) is 5.91 Å². The lowest BCUT2D eigenvalue weighted by atomic mass is 10.0. The van der Waals surface area contributed by atoms with Gasteiger partial charge in [-0.3, -0.25) is 4.79 Å². The Morgan fingerprint density at radius 3 is 2.41 bits per heavy atom. The maximum Gasteiger partial charge on any atom is 0.225 e. The van der Waals surface area contributed by atoms with Gasteiger partial charge in [0.15, 0.2) is 0 Å². The lowest BCUT2D eigenvalue weighted by Crippen LogP contribution is -2.40. The maximum absolute atomic E-state index is 12.1. The molecular weight excluding hydrogens is 220 g/mol. The van der Waals surface area contributed by atoms with E-state index in [2.05, 4.69) is 0 Å². The van der Waals surface area contributed by atoms with Crippen LogP contribution < -0.4 is 5.73 Å². The van der Waals surface area contributed by atoms with Gasteiger partial charge < -0.3 is 20.1 Å². The number of ether oxygens (including phenoxy) is 2. The van der Waals surface area contributed by atoms with Crippen molar-refractivity contribution < 1.29 is 14.3 Å². The van der Waals surface area contributed by atoms with Crippen molar-refractivity contribution in [2.24, 2.45) is 5.73 Å². The summed E-state index contributed by atoms with van der Waals surface area (Å²) in [6.07, 6.45) is 1.18. The lowest BCUT2D eigenvalue weighted by molar-refractivity contribution is -0.137. The molecule has 0 aliphatic rings. The molecule has 0 aliphatic carbocycles. The van der Waals surface area contributed by atoms with Gasteiger partial charge in [-0.25, -0.2) is 0 Å². The van der Waals surface area contributed by atoms with Gasteiger partial charge in [-0.1, -0.05) is 0 Å². The molecule has 0 aromatic carbocycles. The zero-order valence-electron chi connectivity index (χ0n) is 11.5. The predicted octanol–water partition coefficient (Wildman–Crippen LogP) is 0.625. The highest BCUT2D eigenvalue weighted by Crippen LogP contribution is 2.14. The van der Waals surface area contributed by atoms with Crippen LogP contribution in [0.4, 0.5) is 0 Å². The third-order valence-corrected chi connectivity index (χ3v) is 2.68. The molecular formula is C12H26N2O3. The number of nitrogens with zero attached hydrogens (tertiary/aromatic N) is 1. The lowest BCUT2D eigenvalue weighted by Gasteiger charge is -2.28. The summed E-state index contributed by atoms with van der Waals surface area (Å²) in [6.45, 7) is 6.23. The third kappa shape index (κ3) is 7.31. The van der Waals surface area contributed by atoms with E-state index in [9.17, 15) is 4.79 Å². The molecule has 0 bridgehead atoms.